The molecule has 136 valence electrons. The summed E-state index contributed by atoms with van der Waals surface area (Å²) in [5.41, 5.74) is 0. The predicted molar refractivity (Wildman–Crippen MR) is 102 cm³/mol. The normalized spacial score (nSPS) is 16.3. The molecule has 9 heteroatoms. The van der Waals surface area contributed by atoms with Crippen molar-refractivity contribution in [3.05, 3.63) is 42.5 Å². The highest BCUT2D eigenvalue weighted by Gasteiger charge is 2.30. The van der Waals surface area contributed by atoms with Crippen LogP contribution in [0, 0.1) is 0 Å². The predicted octanol–water partition coefficient (Wildman–Crippen LogP) is 2.16. The van der Waals surface area contributed by atoms with Crippen LogP contribution in [-0.4, -0.2) is 53.2 Å². The Labute approximate surface area is 156 Å². The Morgan fingerprint density at radius 2 is 1.96 bits per heavy atom. The monoisotopic (exact) mass is 389 g/mol. The van der Waals surface area contributed by atoms with Gasteiger partial charge in [-0.1, -0.05) is 19.1 Å². The number of rotatable bonds is 4. The van der Waals surface area contributed by atoms with Crippen LogP contribution < -0.4 is 4.90 Å². The molecule has 1 aliphatic rings. The molecule has 0 bridgehead atoms. The highest BCUT2D eigenvalue weighted by atomic mass is 32.2. The minimum atomic E-state index is -3.55. The number of fused-ring (bicyclic) bond motifs is 1. The molecule has 1 saturated heterocycles. The minimum Gasteiger partial charge on any atom is -0.344 e. The molecule has 0 radical (unpaired) electrons. The lowest BCUT2D eigenvalue weighted by Gasteiger charge is -2.33. The van der Waals surface area contributed by atoms with E-state index in [2.05, 4.69) is 19.2 Å². The van der Waals surface area contributed by atoms with E-state index in [4.69, 9.17) is 0 Å². The van der Waals surface area contributed by atoms with Gasteiger partial charge in [-0.25, -0.2) is 13.4 Å². The first kappa shape index (κ1) is 17.3. The largest absolute Gasteiger partial charge is 0.344 e. The first-order chi connectivity index (χ1) is 12.6. The zero-order valence-electron chi connectivity index (χ0n) is 14.4. The number of aryl methyl sites for hydroxylation is 1. The lowest BCUT2D eigenvalue weighted by Crippen LogP contribution is -2.48. The van der Waals surface area contributed by atoms with Crippen LogP contribution in [0.2, 0.25) is 0 Å². The molecule has 0 saturated carbocycles. The van der Waals surface area contributed by atoms with Crippen LogP contribution in [0.15, 0.2) is 41.6 Å². The molecule has 4 rings (SSSR count). The third kappa shape index (κ3) is 3.06. The van der Waals surface area contributed by atoms with E-state index < -0.39 is 10.0 Å². The average Bonchev–Trinajstić information content (AvgIpc) is 3.17. The van der Waals surface area contributed by atoms with Gasteiger partial charge in [0, 0.05) is 67.3 Å². The van der Waals surface area contributed by atoms with Gasteiger partial charge in [-0.3, -0.25) is 4.98 Å². The van der Waals surface area contributed by atoms with Crippen LogP contribution in [-0.2, 0) is 16.4 Å². The number of aromatic nitrogens is 3. The maximum Gasteiger partial charge on any atom is 0.243 e. The Bertz CT molecular complexity index is 1020. The van der Waals surface area contributed by atoms with E-state index in [1.54, 1.807) is 34.9 Å². The molecular weight excluding hydrogens is 370 g/mol. The minimum absolute atomic E-state index is 0.343. The molecule has 2 aromatic heterocycles. The molecular formula is C17H19N5O2S2. The van der Waals surface area contributed by atoms with Gasteiger partial charge in [-0.15, -0.1) is 0 Å². The van der Waals surface area contributed by atoms with Gasteiger partial charge in [0.25, 0.3) is 0 Å². The Hall–Kier alpha value is -2.10. The number of anilines is 1. The van der Waals surface area contributed by atoms with Crippen LogP contribution in [0.1, 0.15) is 12.7 Å². The molecule has 0 unspecified atom stereocenters. The topological polar surface area (TPSA) is 79.3 Å². The Balaban J connectivity index is 1.56. The van der Waals surface area contributed by atoms with Crippen molar-refractivity contribution in [3.63, 3.8) is 0 Å². The summed E-state index contributed by atoms with van der Waals surface area (Å²) in [5.74, 6) is 0.837. The SMILES string of the molecule is CCc1nsc(N2CCN(S(=O)(=O)c3cccc4cnccc34)CC2)n1. The van der Waals surface area contributed by atoms with Gasteiger partial charge in [-0.05, 0) is 12.1 Å². The number of piperazine rings is 1. The van der Waals surface area contributed by atoms with Crippen LogP contribution in [0.4, 0.5) is 5.13 Å². The van der Waals surface area contributed by atoms with Crippen molar-refractivity contribution in [1.82, 2.24) is 18.6 Å². The van der Waals surface area contributed by atoms with Crippen molar-refractivity contribution in [2.75, 3.05) is 31.1 Å². The molecule has 7 nitrogen and oxygen atoms in total. The molecule has 1 aromatic carbocycles. The zero-order valence-corrected chi connectivity index (χ0v) is 16.0. The van der Waals surface area contributed by atoms with E-state index in [1.807, 2.05) is 13.0 Å². The Morgan fingerprint density at radius 3 is 2.69 bits per heavy atom. The molecule has 0 atom stereocenters. The lowest BCUT2D eigenvalue weighted by molar-refractivity contribution is 0.385. The third-order valence-corrected chi connectivity index (χ3v) is 7.31. The third-order valence-electron chi connectivity index (χ3n) is 4.54. The van der Waals surface area contributed by atoms with E-state index in [0.717, 1.165) is 22.8 Å². The zero-order chi connectivity index (χ0) is 18.1. The first-order valence-electron chi connectivity index (χ1n) is 8.50. The quantitative estimate of drug-likeness (QED) is 0.680. The summed E-state index contributed by atoms with van der Waals surface area (Å²) in [6, 6.07) is 7.06. The highest BCUT2D eigenvalue weighted by Crippen LogP contribution is 2.27. The highest BCUT2D eigenvalue weighted by molar-refractivity contribution is 7.89. The molecule has 3 aromatic rings. The summed E-state index contributed by atoms with van der Waals surface area (Å²) in [5, 5.41) is 2.41. The fourth-order valence-corrected chi connectivity index (χ4v) is 5.53. The number of nitrogens with zero attached hydrogens (tertiary/aromatic N) is 5. The second-order valence-electron chi connectivity index (χ2n) is 6.09. The van der Waals surface area contributed by atoms with Crippen molar-refractivity contribution in [2.45, 2.75) is 18.2 Å². The summed E-state index contributed by atoms with van der Waals surface area (Å²) < 4.78 is 32.2. The van der Waals surface area contributed by atoms with Crippen LogP contribution in [0.5, 0.6) is 0 Å². The Kier molecular flexibility index (Phi) is 4.60. The summed E-state index contributed by atoms with van der Waals surface area (Å²) >= 11 is 1.38. The standard InChI is InChI=1S/C17H19N5O2S2/c1-2-16-19-17(25-20-16)21-8-10-22(11-9-21)26(23,24)15-5-3-4-13-12-18-7-6-14(13)15/h3-7,12H,2,8-11H2,1H3. The van der Waals surface area contributed by atoms with E-state index in [1.165, 1.54) is 11.5 Å². The Morgan fingerprint density at radius 1 is 1.15 bits per heavy atom. The summed E-state index contributed by atoms with van der Waals surface area (Å²) in [4.78, 5) is 11.0. The molecule has 1 fully saturated rings. The van der Waals surface area contributed by atoms with Gasteiger partial charge in [-0.2, -0.15) is 8.68 Å². The molecule has 0 spiro atoms. The van der Waals surface area contributed by atoms with Crippen molar-refractivity contribution in [3.8, 4) is 0 Å². The van der Waals surface area contributed by atoms with Crippen molar-refractivity contribution >= 4 is 37.5 Å². The maximum absolute atomic E-state index is 13.2. The molecule has 3 heterocycles. The van der Waals surface area contributed by atoms with E-state index >= 15 is 0 Å². The summed E-state index contributed by atoms with van der Waals surface area (Å²) in [6.07, 6.45) is 4.12. The van der Waals surface area contributed by atoms with Gasteiger partial charge >= 0.3 is 0 Å². The number of benzene rings is 1. The first-order valence-corrected chi connectivity index (χ1v) is 10.7. The van der Waals surface area contributed by atoms with Gasteiger partial charge < -0.3 is 4.90 Å². The second kappa shape index (κ2) is 6.90. The second-order valence-corrected chi connectivity index (χ2v) is 8.73. The molecule has 26 heavy (non-hydrogen) atoms. The van der Waals surface area contributed by atoms with E-state index in [0.29, 0.717) is 36.5 Å². The summed E-state index contributed by atoms with van der Waals surface area (Å²) in [6.45, 7) is 4.12. The van der Waals surface area contributed by atoms with Crippen molar-refractivity contribution < 1.29 is 8.42 Å². The molecule has 0 N–H and O–H groups in total. The molecule has 0 aliphatic carbocycles. The summed E-state index contributed by atoms with van der Waals surface area (Å²) in [7, 11) is -3.55. The molecule has 0 amide bonds. The lowest BCUT2D eigenvalue weighted by atomic mass is 10.2. The maximum atomic E-state index is 13.2. The number of hydrogen-bond acceptors (Lipinski definition) is 7. The van der Waals surface area contributed by atoms with Crippen molar-refractivity contribution in [1.29, 1.82) is 0 Å². The van der Waals surface area contributed by atoms with Gasteiger partial charge in [0.1, 0.15) is 5.82 Å². The fourth-order valence-electron chi connectivity index (χ4n) is 3.09. The number of hydrogen-bond donors (Lipinski definition) is 0. The number of sulfonamides is 1. The van der Waals surface area contributed by atoms with Gasteiger partial charge in [0.15, 0.2) is 0 Å². The van der Waals surface area contributed by atoms with Gasteiger partial charge in [0.05, 0.1) is 4.90 Å². The fraction of sp³-hybridized carbons (Fsp3) is 0.353. The molecule has 1 aliphatic heterocycles. The van der Waals surface area contributed by atoms with Crippen LogP contribution >= 0.6 is 11.5 Å². The van der Waals surface area contributed by atoms with Crippen LogP contribution in [0.25, 0.3) is 10.8 Å². The smallest absolute Gasteiger partial charge is 0.243 e. The number of pyridine rings is 1. The van der Waals surface area contributed by atoms with E-state index in [-0.39, 0.29) is 0 Å². The average molecular weight is 390 g/mol. The van der Waals surface area contributed by atoms with Crippen LogP contribution in [0.3, 0.4) is 0 Å². The van der Waals surface area contributed by atoms with Gasteiger partial charge in [0.2, 0.25) is 15.2 Å². The van der Waals surface area contributed by atoms with E-state index in [9.17, 15) is 8.42 Å². The van der Waals surface area contributed by atoms with Crippen molar-refractivity contribution in [2.24, 2.45) is 0 Å².